The predicted octanol–water partition coefficient (Wildman–Crippen LogP) is 2.25. The minimum Gasteiger partial charge on any atom is -0.310 e. The lowest BCUT2D eigenvalue weighted by atomic mass is 10.1. The molecule has 1 aliphatic heterocycles. The summed E-state index contributed by atoms with van der Waals surface area (Å²) in [6.45, 7) is 0.545. The molecular weight excluding hydrogens is 321 g/mol. The molecule has 0 aliphatic carbocycles. The topological polar surface area (TPSA) is 46.2 Å². The van der Waals surface area contributed by atoms with E-state index < -0.39 is 9.84 Å². The normalized spacial score (nSPS) is 19.9. The van der Waals surface area contributed by atoms with Gasteiger partial charge in [-0.2, -0.15) is 0 Å². The van der Waals surface area contributed by atoms with Gasteiger partial charge in [-0.25, -0.2) is 12.8 Å². The van der Waals surface area contributed by atoms with Crippen LogP contribution in [0.25, 0.3) is 0 Å². The second-order valence-corrected chi connectivity index (χ2v) is 7.62. The maximum atomic E-state index is 13.3. The molecular formula is C12H15BrFNO2S. The quantitative estimate of drug-likeness (QED) is 0.921. The molecule has 1 fully saturated rings. The van der Waals surface area contributed by atoms with E-state index in [2.05, 4.69) is 21.2 Å². The fourth-order valence-electron chi connectivity index (χ4n) is 2.03. The fraction of sp³-hybridized carbons (Fsp3) is 0.500. The Morgan fingerprint density at radius 2 is 2.00 bits per heavy atom. The first-order chi connectivity index (χ1) is 8.48. The summed E-state index contributed by atoms with van der Waals surface area (Å²) in [4.78, 5) is 0. The third-order valence-corrected chi connectivity index (χ3v) is 5.77. The van der Waals surface area contributed by atoms with E-state index in [1.54, 1.807) is 6.07 Å². The van der Waals surface area contributed by atoms with E-state index >= 15 is 0 Å². The molecule has 0 saturated carbocycles. The molecule has 2 rings (SSSR count). The van der Waals surface area contributed by atoms with Gasteiger partial charge in [0, 0.05) is 12.6 Å². The van der Waals surface area contributed by atoms with Crippen molar-refractivity contribution in [2.75, 3.05) is 11.5 Å². The van der Waals surface area contributed by atoms with Crippen LogP contribution in [-0.2, 0) is 16.4 Å². The molecule has 0 bridgehead atoms. The van der Waals surface area contributed by atoms with Gasteiger partial charge in [-0.1, -0.05) is 12.1 Å². The molecule has 1 saturated heterocycles. The Kier molecular flexibility index (Phi) is 4.40. The largest absolute Gasteiger partial charge is 0.310 e. The van der Waals surface area contributed by atoms with Crippen molar-refractivity contribution < 1.29 is 12.8 Å². The lowest BCUT2D eigenvalue weighted by Crippen LogP contribution is -2.37. The maximum absolute atomic E-state index is 13.3. The van der Waals surface area contributed by atoms with Crippen LogP contribution in [-0.4, -0.2) is 26.0 Å². The Hall–Kier alpha value is -0.460. The van der Waals surface area contributed by atoms with Gasteiger partial charge in [0.25, 0.3) is 0 Å². The highest BCUT2D eigenvalue weighted by Gasteiger charge is 2.23. The molecule has 0 unspecified atom stereocenters. The second-order valence-electron chi connectivity index (χ2n) is 4.52. The molecule has 0 aromatic heterocycles. The van der Waals surface area contributed by atoms with Crippen molar-refractivity contribution in [2.45, 2.75) is 25.4 Å². The van der Waals surface area contributed by atoms with Crippen molar-refractivity contribution in [3.05, 3.63) is 34.1 Å². The summed E-state index contributed by atoms with van der Waals surface area (Å²) in [6.07, 6.45) is 1.27. The fourth-order valence-corrected chi connectivity index (χ4v) is 3.93. The van der Waals surface area contributed by atoms with Crippen molar-refractivity contribution in [3.8, 4) is 0 Å². The third-order valence-electron chi connectivity index (χ3n) is 3.17. The minimum atomic E-state index is -2.82. The molecule has 100 valence electrons. The zero-order valence-electron chi connectivity index (χ0n) is 9.83. The van der Waals surface area contributed by atoms with Crippen molar-refractivity contribution in [3.63, 3.8) is 0 Å². The predicted molar refractivity (Wildman–Crippen MR) is 72.6 cm³/mol. The number of hydrogen-bond donors (Lipinski definition) is 1. The molecule has 0 radical (unpaired) electrons. The third kappa shape index (κ3) is 3.52. The van der Waals surface area contributed by atoms with Crippen LogP contribution in [0.15, 0.2) is 22.7 Å². The summed E-state index contributed by atoms with van der Waals surface area (Å²) < 4.78 is 36.3. The van der Waals surface area contributed by atoms with E-state index in [-0.39, 0.29) is 23.4 Å². The van der Waals surface area contributed by atoms with Crippen LogP contribution < -0.4 is 5.32 Å². The van der Waals surface area contributed by atoms with Crippen molar-refractivity contribution in [2.24, 2.45) is 0 Å². The monoisotopic (exact) mass is 335 g/mol. The average Bonchev–Trinajstić information content (AvgIpc) is 2.33. The number of benzene rings is 1. The van der Waals surface area contributed by atoms with Gasteiger partial charge in [0.05, 0.1) is 16.0 Å². The molecule has 6 heteroatoms. The maximum Gasteiger partial charge on any atom is 0.150 e. The second kappa shape index (κ2) is 5.67. The molecule has 18 heavy (non-hydrogen) atoms. The van der Waals surface area contributed by atoms with Crippen LogP contribution in [0.4, 0.5) is 4.39 Å². The van der Waals surface area contributed by atoms with Gasteiger partial charge in [0.2, 0.25) is 0 Å². The first kappa shape index (κ1) is 14.0. The van der Waals surface area contributed by atoms with Crippen LogP contribution >= 0.6 is 15.9 Å². The summed E-state index contributed by atoms with van der Waals surface area (Å²) in [6, 6.07) is 5.12. The van der Waals surface area contributed by atoms with Crippen molar-refractivity contribution >= 4 is 25.8 Å². The van der Waals surface area contributed by atoms with Crippen LogP contribution in [0.2, 0.25) is 0 Å². The summed E-state index contributed by atoms with van der Waals surface area (Å²) in [5.41, 5.74) is 0.850. The number of halogens is 2. The molecule has 3 nitrogen and oxygen atoms in total. The Balaban J connectivity index is 1.91. The Labute approximate surface area is 115 Å². The molecule has 0 atom stereocenters. The lowest BCUT2D eigenvalue weighted by molar-refractivity contribution is 0.462. The Bertz CT molecular complexity index is 519. The average molecular weight is 336 g/mol. The molecule has 0 amide bonds. The van der Waals surface area contributed by atoms with Gasteiger partial charge in [-0.15, -0.1) is 0 Å². The van der Waals surface area contributed by atoms with E-state index in [0.29, 0.717) is 23.9 Å². The van der Waals surface area contributed by atoms with E-state index in [9.17, 15) is 12.8 Å². The highest BCUT2D eigenvalue weighted by atomic mass is 79.9. The van der Waals surface area contributed by atoms with Gasteiger partial charge in [-0.3, -0.25) is 0 Å². The molecule has 1 heterocycles. The SMILES string of the molecule is O=S1(=O)CCC(NCc2cccc(F)c2Br)CC1. The number of nitrogens with one attached hydrogen (secondary N) is 1. The number of sulfone groups is 1. The van der Waals surface area contributed by atoms with Gasteiger partial charge in [0.1, 0.15) is 15.7 Å². The smallest absolute Gasteiger partial charge is 0.150 e. The highest BCUT2D eigenvalue weighted by Crippen LogP contribution is 2.21. The number of rotatable bonds is 3. The van der Waals surface area contributed by atoms with Crippen LogP contribution in [0.1, 0.15) is 18.4 Å². The first-order valence-electron chi connectivity index (χ1n) is 5.84. The summed E-state index contributed by atoms with van der Waals surface area (Å²) in [5.74, 6) is 0.213. The summed E-state index contributed by atoms with van der Waals surface area (Å²) in [5, 5.41) is 3.28. The molecule has 0 spiro atoms. The molecule has 1 aromatic rings. The lowest BCUT2D eigenvalue weighted by Gasteiger charge is -2.23. The van der Waals surface area contributed by atoms with Gasteiger partial charge in [-0.05, 0) is 40.4 Å². The van der Waals surface area contributed by atoms with Crippen molar-refractivity contribution in [1.29, 1.82) is 0 Å². The molecule has 1 aromatic carbocycles. The molecule has 1 N–H and O–H groups in total. The van der Waals surface area contributed by atoms with Gasteiger partial charge >= 0.3 is 0 Å². The van der Waals surface area contributed by atoms with E-state index in [1.165, 1.54) is 6.07 Å². The minimum absolute atomic E-state index is 0.198. The Morgan fingerprint density at radius 3 is 2.67 bits per heavy atom. The standard InChI is InChI=1S/C12H15BrFNO2S/c13-12-9(2-1-3-11(12)14)8-15-10-4-6-18(16,17)7-5-10/h1-3,10,15H,4-8H2. The van der Waals surface area contributed by atoms with Crippen molar-refractivity contribution in [1.82, 2.24) is 5.32 Å². The highest BCUT2D eigenvalue weighted by molar-refractivity contribution is 9.10. The Morgan fingerprint density at radius 1 is 1.33 bits per heavy atom. The zero-order chi connectivity index (χ0) is 13.2. The van der Waals surface area contributed by atoms with Crippen LogP contribution in [0.3, 0.4) is 0 Å². The summed E-state index contributed by atoms with van der Waals surface area (Å²) >= 11 is 3.21. The molecule has 1 aliphatic rings. The van der Waals surface area contributed by atoms with E-state index in [4.69, 9.17) is 0 Å². The van der Waals surface area contributed by atoms with Crippen LogP contribution in [0, 0.1) is 5.82 Å². The van der Waals surface area contributed by atoms with Crippen LogP contribution in [0.5, 0.6) is 0 Å². The first-order valence-corrected chi connectivity index (χ1v) is 8.46. The van der Waals surface area contributed by atoms with Gasteiger partial charge in [0.15, 0.2) is 0 Å². The van der Waals surface area contributed by atoms with Gasteiger partial charge < -0.3 is 5.32 Å². The van der Waals surface area contributed by atoms with E-state index in [1.807, 2.05) is 6.07 Å². The summed E-state index contributed by atoms with van der Waals surface area (Å²) in [7, 11) is -2.82. The zero-order valence-corrected chi connectivity index (χ0v) is 12.2. The number of hydrogen-bond acceptors (Lipinski definition) is 3. The van der Waals surface area contributed by atoms with E-state index in [0.717, 1.165) is 5.56 Å².